The van der Waals surface area contributed by atoms with Crippen LogP contribution in [0.3, 0.4) is 0 Å². The fourth-order valence-corrected chi connectivity index (χ4v) is 5.30. The number of hydrogen-bond acceptors (Lipinski definition) is 6. The first-order chi connectivity index (χ1) is 14.5. The lowest BCUT2D eigenvalue weighted by Crippen LogP contribution is -2.35. The molecule has 4 rings (SSSR count). The first kappa shape index (κ1) is 20.2. The van der Waals surface area contributed by atoms with E-state index >= 15 is 0 Å². The lowest BCUT2D eigenvalue weighted by Gasteiger charge is -2.20. The smallest absolute Gasteiger partial charge is 0.229 e. The second kappa shape index (κ2) is 8.76. The number of carbonyl (C=O) groups excluding carboxylic acids is 1. The number of anilines is 1. The zero-order valence-corrected chi connectivity index (χ0v) is 17.7. The first-order valence-electron chi connectivity index (χ1n) is 9.44. The van der Waals surface area contributed by atoms with Crippen molar-refractivity contribution in [3.8, 4) is 0 Å². The number of amides is 1. The lowest BCUT2D eigenvalue weighted by molar-refractivity contribution is -0.118. The minimum absolute atomic E-state index is 0.119. The van der Waals surface area contributed by atoms with Crippen LogP contribution in [-0.4, -0.2) is 41.4 Å². The summed E-state index contributed by atoms with van der Waals surface area (Å²) in [6.07, 6.45) is 3.38. The van der Waals surface area contributed by atoms with E-state index in [0.29, 0.717) is 18.2 Å². The van der Waals surface area contributed by atoms with Crippen molar-refractivity contribution in [3.63, 3.8) is 0 Å². The van der Waals surface area contributed by atoms with Crippen molar-refractivity contribution < 1.29 is 13.2 Å². The fourth-order valence-electron chi connectivity index (χ4n) is 3.04. The number of benzene rings is 2. The van der Waals surface area contributed by atoms with E-state index in [2.05, 4.69) is 10.1 Å². The number of fused-ring (bicyclic) bond motifs is 1. The van der Waals surface area contributed by atoms with Crippen molar-refractivity contribution in [1.29, 1.82) is 0 Å². The SMILES string of the molecule is O=C(CCS(=O)(=O)c1ccccc1)N(CCn1cccn1)c1nc2ccccc2s1. The van der Waals surface area contributed by atoms with Crippen LogP contribution in [0.1, 0.15) is 6.42 Å². The maximum Gasteiger partial charge on any atom is 0.229 e. The summed E-state index contributed by atoms with van der Waals surface area (Å²) in [5, 5.41) is 4.74. The number of thiazole rings is 1. The van der Waals surface area contributed by atoms with Crippen molar-refractivity contribution >= 4 is 42.4 Å². The molecule has 154 valence electrons. The van der Waals surface area contributed by atoms with Gasteiger partial charge in [0.25, 0.3) is 0 Å². The molecule has 0 atom stereocenters. The molecule has 0 unspecified atom stereocenters. The number of hydrogen-bond donors (Lipinski definition) is 0. The van der Waals surface area contributed by atoms with Crippen LogP contribution in [-0.2, 0) is 21.2 Å². The van der Waals surface area contributed by atoms with Gasteiger partial charge < -0.3 is 0 Å². The Morgan fingerprint density at radius 3 is 2.53 bits per heavy atom. The molecule has 4 aromatic rings. The van der Waals surface area contributed by atoms with Gasteiger partial charge in [-0.15, -0.1) is 0 Å². The molecule has 0 aliphatic rings. The third-order valence-corrected chi connectivity index (χ3v) is 7.40. The molecule has 0 N–H and O–H groups in total. The Hall–Kier alpha value is -3.04. The molecule has 2 heterocycles. The Labute approximate surface area is 178 Å². The molecule has 0 fully saturated rings. The molecule has 0 spiro atoms. The maximum atomic E-state index is 13.1. The van der Waals surface area contributed by atoms with Crippen LogP contribution in [0.5, 0.6) is 0 Å². The quantitative estimate of drug-likeness (QED) is 0.419. The average molecular weight is 441 g/mol. The topological polar surface area (TPSA) is 85.2 Å². The second-order valence-corrected chi connectivity index (χ2v) is 9.78. The molecule has 30 heavy (non-hydrogen) atoms. The summed E-state index contributed by atoms with van der Waals surface area (Å²) in [4.78, 5) is 19.4. The van der Waals surface area contributed by atoms with Gasteiger partial charge >= 0.3 is 0 Å². The predicted octanol–water partition coefficient (Wildman–Crippen LogP) is 3.39. The Morgan fingerprint density at radius 2 is 1.80 bits per heavy atom. The van der Waals surface area contributed by atoms with Crippen molar-refractivity contribution in [1.82, 2.24) is 14.8 Å². The van der Waals surface area contributed by atoms with Crippen LogP contribution >= 0.6 is 11.3 Å². The summed E-state index contributed by atoms with van der Waals surface area (Å²) < 4.78 is 27.9. The molecule has 0 saturated carbocycles. The zero-order valence-electron chi connectivity index (χ0n) is 16.1. The minimum atomic E-state index is -3.54. The highest BCUT2D eigenvalue weighted by molar-refractivity contribution is 7.91. The van der Waals surface area contributed by atoms with Gasteiger partial charge in [-0.1, -0.05) is 41.7 Å². The first-order valence-corrected chi connectivity index (χ1v) is 11.9. The summed E-state index contributed by atoms with van der Waals surface area (Å²) in [5.74, 6) is -0.528. The summed E-state index contributed by atoms with van der Waals surface area (Å²) in [7, 11) is -3.54. The van der Waals surface area contributed by atoms with Gasteiger partial charge in [0.05, 0.1) is 27.4 Å². The van der Waals surface area contributed by atoms with Gasteiger partial charge in [0, 0.05) is 25.4 Å². The van der Waals surface area contributed by atoms with Crippen molar-refractivity contribution in [2.45, 2.75) is 17.9 Å². The molecule has 0 bridgehead atoms. The van der Waals surface area contributed by atoms with Crippen molar-refractivity contribution in [2.24, 2.45) is 0 Å². The number of carbonyl (C=O) groups is 1. The van der Waals surface area contributed by atoms with Crippen LogP contribution in [0.25, 0.3) is 10.2 Å². The molecule has 2 aromatic heterocycles. The zero-order chi connectivity index (χ0) is 21.0. The van der Waals surface area contributed by atoms with Gasteiger partial charge in [0.2, 0.25) is 5.91 Å². The molecular formula is C21H20N4O3S2. The van der Waals surface area contributed by atoms with Crippen LogP contribution in [0.2, 0.25) is 0 Å². The number of rotatable bonds is 8. The maximum absolute atomic E-state index is 13.1. The number of para-hydroxylation sites is 1. The summed E-state index contributed by atoms with van der Waals surface area (Å²) in [6.45, 7) is 0.839. The largest absolute Gasteiger partial charge is 0.286 e. The van der Waals surface area contributed by atoms with Gasteiger partial charge in [-0.05, 0) is 30.3 Å². The van der Waals surface area contributed by atoms with E-state index in [9.17, 15) is 13.2 Å². The Kier molecular flexibility index (Phi) is 5.91. The van der Waals surface area contributed by atoms with E-state index in [1.165, 1.54) is 11.3 Å². The van der Waals surface area contributed by atoms with E-state index in [4.69, 9.17) is 0 Å². The van der Waals surface area contributed by atoms with Crippen LogP contribution < -0.4 is 4.90 Å². The molecule has 7 nitrogen and oxygen atoms in total. The van der Waals surface area contributed by atoms with Crippen LogP contribution in [0.15, 0.2) is 78.0 Å². The van der Waals surface area contributed by atoms with E-state index in [-0.39, 0.29) is 23.0 Å². The van der Waals surface area contributed by atoms with Gasteiger partial charge in [0.1, 0.15) is 0 Å². The fraction of sp³-hybridized carbons (Fsp3) is 0.190. The molecule has 0 aliphatic carbocycles. The van der Waals surface area contributed by atoms with Crippen molar-refractivity contribution in [2.75, 3.05) is 17.2 Å². The standard InChI is InChI=1S/C21H20N4O3S2/c26-20(11-16-30(27,28)17-7-2-1-3-8-17)25(15-14-24-13-6-12-22-24)21-23-18-9-4-5-10-19(18)29-21/h1-10,12-13H,11,14-16H2. The lowest BCUT2D eigenvalue weighted by atomic mass is 10.3. The monoisotopic (exact) mass is 440 g/mol. The summed E-state index contributed by atoms with van der Waals surface area (Å²) in [6, 6.07) is 17.7. The average Bonchev–Trinajstić information content (AvgIpc) is 3.43. The second-order valence-electron chi connectivity index (χ2n) is 6.66. The third kappa shape index (κ3) is 4.58. The summed E-state index contributed by atoms with van der Waals surface area (Å²) >= 11 is 1.42. The normalized spacial score (nSPS) is 11.6. The number of nitrogens with zero attached hydrogens (tertiary/aromatic N) is 4. The van der Waals surface area contributed by atoms with E-state index in [1.807, 2.05) is 36.5 Å². The van der Waals surface area contributed by atoms with E-state index in [0.717, 1.165) is 10.2 Å². The Bertz CT molecular complexity index is 1200. The van der Waals surface area contributed by atoms with Crippen LogP contribution in [0.4, 0.5) is 5.13 Å². The molecular weight excluding hydrogens is 420 g/mol. The highest BCUT2D eigenvalue weighted by Gasteiger charge is 2.23. The van der Waals surface area contributed by atoms with E-state index < -0.39 is 9.84 Å². The van der Waals surface area contributed by atoms with Gasteiger partial charge in [-0.3, -0.25) is 14.4 Å². The third-order valence-electron chi connectivity index (χ3n) is 4.61. The van der Waals surface area contributed by atoms with Gasteiger partial charge in [-0.25, -0.2) is 13.4 Å². The number of aromatic nitrogens is 3. The van der Waals surface area contributed by atoms with Gasteiger partial charge in [0.15, 0.2) is 15.0 Å². The molecule has 1 amide bonds. The van der Waals surface area contributed by atoms with Gasteiger partial charge in [-0.2, -0.15) is 5.10 Å². The Morgan fingerprint density at radius 1 is 1.03 bits per heavy atom. The molecule has 9 heteroatoms. The molecule has 2 aromatic carbocycles. The summed E-state index contributed by atoms with van der Waals surface area (Å²) in [5.41, 5.74) is 0.811. The van der Waals surface area contributed by atoms with Crippen LogP contribution in [0, 0.1) is 0 Å². The molecule has 0 aliphatic heterocycles. The number of sulfone groups is 1. The highest BCUT2D eigenvalue weighted by Crippen LogP contribution is 2.29. The van der Waals surface area contributed by atoms with E-state index in [1.54, 1.807) is 46.1 Å². The Balaban J connectivity index is 1.54. The minimum Gasteiger partial charge on any atom is -0.286 e. The van der Waals surface area contributed by atoms with Crippen molar-refractivity contribution in [3.05, 3.63) is 73.1 Å². The molecule has 0 radical (unpaired) electrons. The molecule has 0 saturated heterocycles. The highest BCUT2D eigenvalue weighted by atomic mass is 32.2. The predicted molar refractivity (Wildman–Crippen MR) is 117 cm³/mol.